The van der Waals surface area contributed by atoms with E-state index in [1.807, 2.05) is 49.4 Å². The molecular formula is C22H24ClN3O3S. The van der Waals surface area contributed by atoms with Crippen LogP contribution in [0.2, 0.25) is 5.02 Å². The molecule has 2 aromatic carbocycles. The fourth-order valence-electron chi connectivity index (χ4n) is 2.93. The molecule has 0 bridgehead atoms. The number of nitrogens with one attached hydrogen (secondary N) is 1. The van der Waals surface area contributed by atoms with Crippen LogP contribution in [0.25, 0.3) is 5.69 Å². The molecule has 1 N–H and O–H groups in total. The van der Waals surface area contributed by atoms with E-state index in [0.717, 1.165) is 23.6 Å². The summed E-state index contributed by atoms with van der Waals surface area (Å²) in [5.41, 5.74) is 1.54. The summed E-state index contributed by atoms with van der Waals surface area (Å²) in [5, 5.41) is 3.45. The molecule has 0 radical (unpaired) electrons. The molecule has 1 amide bonds. The second-order valence-corrected chi connectivity index (χ2v) is 8.23. The van der Waals surface area contributed by atoms with Gasteiger partial charge in [0.2, 0.25) is 5.91 Å². The number of nitrogens with zero attached hydrogens (tertiary/aromatic N) is 2. The SMILES string of the molecule is Cc1c(NC(=O)CSCCCOc2ccc(Cl)cc2)c(=O)n(-c2ccccc2)n1C. The summed E-state index contributed by atoms with van der Waals surface area (Å²) >= 11 is 7.35. The zero-order valence-electron chi connectivity index (χ0n) is 16.9. The highest BCUT2D eigenvalue weighted by Crippen LogP contribution is 2.17. The van der Waals surface area contributed by atoms with Gasteiger partial charge in [-0.15, -0.1) is 0 Å². The highest BCUT2D eigenvalue weighted by molar-refractivity contribution is 7.99. The number of thioether (sulfide) groups is 1. The normalized spacial score (nSPS) is 10.8. The Kier molecular flexibility index (Phi) is 7.65. The topological polar surface area (TPSA) is 65.3 Å². The molecule has 1 heterocycles. The molecule has 0 atom stereocenters. The van der Waals surface area contributed by atoms with Crippen LogP contribution in [0.3, 0.4) is 0 Å². The van der Waals surface area contributed by atoms with E-state index in [2.05, 4.69) is 5.32 Å². The molecule has 0 spiro atoms. The molecule has 0 aliphatic carbocycles. The summed E-state index contributed by atoms with van der Waals surface area (Å²) in [7, 11) is 1.80. The molecule has 0 unspecified atom stereocenters. The van der Waals surface area contributed by atoms with Gasteiger partial charge in [-0.1, -0.05) is 29.8 Å². The van der Waals surface area contributed by atoms with Crippen molar-refractivity contribution in [2.75, 3.05) is 23.4 Å². The number of benzene rings is 2. The lowest BCUT2D eigenvalue weighted by Crippen LogP contribution is -2.23. The zero-order chi connectivity index (χ0) is 21.5. The maximum Gasteiger partial charge on any atom is 0.295 e. The van der Waals surface area contributed by atoms with Gasteiger partial charge in [-0.25, -0.2) is 4.68 Å². The van der Waals surface area contributed by atoms with E-state index < -0.39 is 0 Å². The van der Waals surface area contributed by atoms with Crippen LogP contribution in [0, 0.1) is 6.92 Å². The van der Waals surface area contributed by atoms with Crippen molar-refractivity contribution in [2.45, 2.75) is 13.3 Å². The van der Waals surface area contributed by atoms with Crippen molar-refractivity contribution in [3.05, 3.63) is 75.7 Å². The predicted octanol–water partition coefficient (Wildman–Crippen LogP) is 4.28. The van der Waals surface area contributed by atoms with Gasteiger partial charge in [0, 0.05) is 12.1 Å². The summed E-state index contributed by atoms with van der Waals surface area (Å²) in [6.07, 6.45) is 0.811. The van der Waals surface area contributed by atoms with Gasteiger partial charge in [0.15, 0.2) is 0 Å². The van der Waals surface area contributed by atoms with Crippen LogP contribution in [0.15, 0.2) is 59.4 Å². The van der Waals surface area contributed by atoms with Crippen LogP contribution >= 0.6 is 23.4 Å². The van der Waals surface area contributed by atoms with Gasteiger partial charge in [0.05, 0.1) is 23.7 Å². The molecule has 30 heavy (non-hydrogen) atoms. The second-order valence-electron chi connectivity index (χ2n) is 6.69. The summed E-state index contributed by atoms with van der Waals surface area (Å²) in [6.45, 7) is 2.38. The first-order valence-electron chi connectivity index (χ1n) is 9.57. The van der Waals surface area contributed by atoms with E-state index in [9.17, 15) is 9.59 Å². The van der Waals surface area contributed by atoms with Crippen molar-refractivity contribution in [1.82, 2.24) is 9.36 Å². The molecule has 6 nitrogen and oxygen atoms in total. The number of aromatic nitrogens is 2. The van der Waals surface area contributed by atoms with Crippen LogP contribution in [-0.4, -0.2) is 33.4 Å². The van der Waals surface area contributed by atoms with Gasteiger partial charge in [-0.05, 0) is 55.5 Å². The van der Waals surface area contributed by atoms with Gasteiger partial charge in [0.1, 0.15) is 11.4 Å². The van der Waals surface area contributed by atoms with Crippen LogP contribution in [0.5, 0.6) is 5.75 Å². The number of halogens is 1. The Labute approximate surface area is 184 Å². The standard InChI is InChI=1S/C22H24ClN3O3S/c1-16-21(22(28)26(25(16)2)18-7-4-3-5-8-18)24-20(27)15-30-14-6-13-29-19-11-9-17(23)10-12-19/h3-5,7-12H,6,13-15H2,1-2H3,(H,24,27). The van der Waals surface area contributed by atoms with Crippen molar-refractivity contribution in [2.24, 2.45) is 7.05 Å². The Morgan fingerprint density at radius 3 is 2.53 bits per heavy atom. The number of carbonyl (C=O) groups excluding carboxylic acids is 1. The fourth-order valence-corrected chi connectivity index (χ4v) is 3.78. The number of hydrogen-bond donors (Lipinski definition) is 1. The molecule has 3 rings (SSSR count). The minimum Gasteiger partial charge on any atom is -0.494 e. The van der Waals surface area contributed by atoms with E-state index in [-0.39, 0.29) is 17.2 Å². The van der Waals surface area contributed by atoms with E-state index in [1.165, 1.54) is 11.8 Å². The third-order valence-corrected chi connectivity index (χ3v) is 5.86. The number of anilines is 1. The van der Waals surface area contributed by atoms with E-state index in [4.69, 9.17) is 16.3 Å². The lowest BCUT2D eigenvalue weighted by Gasteiger charge is -2.07. The van der Waals surface area contributed by atoms with Gasteiger partial charge in [-0.3, -0.25) is 14.3 Å². The Balaban J connectivity index is 1.47. The average molecular weight is 446 g/mol. The van der Waals surface area contributed by atoms with Crippen LogP contribution in [-0.2, 0) is 11.8 Å². The first-order chi connectivity index (χ1) is 14.5. The van der Waals surface area contributed by atoms with E-state index in [0.29, 0.717) is 23.0 Å². The number of ether oxygens (including phenoxy) is 1. The van der Waals surface area contributed by atoms with Gasteiger partial charge >= 0.3 is 0 Å². The summed E-state index contributed by atoms with van der Waals surface area (Å²) < 4.78 is 8.93. The molecular weight excluding hydrogens is 422 g/mol. The lowest BCUT2D eigenvalue weighted by atomic mass is 10.3. The number of rotatable bonds is 9. The number of para-hydroxylation sites is 1. The Morgan fingerprint density at radius 2 is 1.83 bits per heavy atom. The van der Waals surface area contributed by atoms with Gasteiger partial charge in [0.25, 0.3) is 5.56 Å². The summed E-state index contributed by atoms with van der Waals surface area (Å²) in [5.74, 6) is 1.64. The second kappa shape index (κ2) is 10.4. The summed E-state index contributed by atoms with van der Waals surface area (Å²) in [4.78, 5) is 25.1. The molecule has 158 valence electrons. The molecule has 0 fully saturated rings. The van der Waals surface area contributed by atoms with Crippen LogP contribution < -0.4 is 15.6 Å². The molecule has 3 aromatic rings. The molecule has 0 saturated heterocycles. The zero-order valence-corrected chi connectivity index (χ0v) is 18.5. The Bertz CT molecular complexity index is 1050. The highest BCUT2D eigenvalue weighted by Gasteiger charge is 2.17. The molecule has 0 aliphatic heterocycles. The fraction of sp³-hybridized carbons (Fsp3) is 0.273. The number of hydrogen-bond acceptors (Lipinski definition) is 4. The minimum absolute atomic E-state index is 0.190. The maximum atomic E-state index is 12.8. The third kappa shape index (κ3) is 5.49. The number of amides is 1. The van der Waals surface area contributed by atoms with E-state index in [1.54, 1.807) is 28.5 Å². The predicted molar refractivity (Wildman–Crippen MR) is 123 cm³/mol. The Morgan fingerprint density at radius 1 is 1.13 bits per heavy atom. The first-order valence-corrected chi connectivity index (χ1v) is 11.1. The first kappa shape index (κ1) is 22.1. The monoisotopic (exact) mass is 445 g/mol. The molecule has 8 heteroatoms. The van der Waals surface area contributed by atoms with Crippen LogP contribution in [0.1, 0.15) is 12.1 Å². The highest BCUT2D eigenvalue weighted by atomic mass is 35.5. The van der Waals surface area contributed by atoms with Gasteiger partial charge < -0.3 is 10.1 Å². The lowest BCUT2D eigenvalue weighted by molar-refractivity contribution is -0.113. The minimum atomic E-state index is -0.240. The number of carbonyl (C=O) groups is 1. The van der Waals surface area contributed by atoms with Crippen LogP contribution in [0.4, 0.5) is 5.69 Å². The largest absolute Gasteiger partial charge is 0.494 e. The summed E-state index contributed by atoms with van der Waals surface area (Å²) in [6, 6.07) is 16.6. The third-order valence-electron chi connectivity index (χ3n) is 4.57. The maximum absolute atomic E-state index is 12.8. The molecule has 0 saturated carbocycles. The van der Waals surface area contributed by atoms with Crippen molar-refractivity contribution in [3.63, 3.8) is 0 Å². The van der Waals surface area contributed by atoms with E-state index >= 15 is 0 Å². The van der Waals surface area contributed by atoms with Crippen molar-refractivity contribution < 1.29 is 9.53 Å². The van der Waals surface area contributed by atoms with Crippen molar-refractivity contribution in [3.8, 4) is 11.4 Å². The van der Waals surface area contributed by atoms with Crippen molar-refractivity contribution in [1.29, 1.82) is 0 Å². The average Bonchev–Trinajstić information content (AvgIpc) is 2.95. The molecule has 1 aromatic heterocycles. The van der Waals surface area contributed by atoms with Crippen molar-refractivity contribution >= 4 is 35.0 Å². The smallest absolute Gasteiger partial charge is 0.295 e. The molecule has 0 aliphatic rings. The quantitative estimate of drug-likeness (QED) is 0.499. The Hall–Kier alpha value is -2.64. The van der Waals surface area contributed by atoms with Gasteiger partial charge in [-0.2, -0.15) is 11.8 Å².